The van der Waals surface area contributed by atoms with Crippen molar-refractivity contribution >= 4 is 0 Å². The Morgan fingerprint density at radius 2 is 2.00 bits per heavy atom. The van der Waals surface area contributed by atoms with Gasteiger partial charge >= 0.3 is 0 Å². The van der Waals surface area contributed by atoms with Crippen molar-refractivity contribution in [3.05, 3.63) is 0 Å². The lowest BCUT2D eigenvalue weighted by atomic mass is 9.58. The van der Waals surface area contributed by atoms with E-state index in [1.165, 1.54) is 19.3 Å². The van der Waals surface area contributed by atoms with E-state index in [1.807, 2.05) is 0 Å². The topological polar surface area (TPSA) is 35.2 Å². The highest BCUT2D eigenvalue weighted by atomic mass is 16.5. The Bertz CT molecular complexity index is 221. The van der Waals surface area contributed by atoms with E-state index < -0.39 is 0 Å². The zero-order valence-corrected chi connectivity index (χ0v) is 11.7. The van der Waals surface area contributed by atoms with Gasteiger partial charge in [0.05, 0.1) is 6.61 Å². The third-order valence-corrected chi connectivity index (χ3v) is 4.38. The molecule has 0 saturated heterocycles. The van der Waals surface area contributed by atoms with Gasteiger partial charge in [0.25, 0.3) is 0 Å². The quantitative estimate of drug-likeness (QED) is 0.803. The predicted octanol–water partition coefficient (Wildman–Crippen LogP) is 3.20. The van der Waals surface area contributed by atoms with Crippen LogP contribution in [-0.2, 0) is 4.74 Å². The van der Waals surface area contributed by atoms with Crippen molar-refractivity contribution in [3.8, 4) is 0 Å². The van der Waals surface area contributed by atoms with Crippen LogP contribution in [0.3, 0.4) is 0 Å². The molecule has 0 aromatic heterocycles. The van der Waals surface area contributed by atoms with Gasteiger partial charge in [-0.2, -0.15) is 0 Å². The number of ether oxygens (including phenoxy) is 1. The Balaban J connectivity index is 2.87. The third-order valence-electron chi connectivity index (χ3n) is 4.38. The van der Waals surface area contributed by atoms with Crippen molar-refractivity contribution in [2.75, 3.05) is 13.7 Å². The molecule has 2 heteroatoms. The normalized spacial score (nSPS) is 33.8. The van der Waals surface area contributed by atoms with Crippen molar-refractivity contribution in [1.82, 2.24) is 0 Å². The lowest BCUT2D eigenvalue weighted by Crippen LogP contribution is -2.58. The first kappa shape index (κ1) is 14.0. The van der Waals surface area contributed by atoms with E-state index in [0.717, 1.165) is 13.0 Å². The monoisotopic (exact) mass is 227 g/mol. The molecule has 2 nitrogen and oxygen atoms in total. The minimum Gasteiger partial charge on any atom is -0.384 e. The molecule has 0 aromatic rings. The predicted molar refractivity (Wildman–Crippen MR) is 69.4 cm³/mol. The van der Waals surface area contributed by atoms with E-state index in [9.17, 15) is 0 Å². The summed E-state index contributed by atoms with van der Waals surface area (Å²) < 4.78 is 5.30. The zero-order chi connectivity index (χ0) is 12.4. The van der Waals surface area contributed by atoms with Crippen LogP contribution in [0.1, 0.15) is 53.4 Å². The van der Waals surface area contributed by atoms with Gasteiger partial charge in [-0.15, -0.1) is 0 Å². The molecule has 0 aliphatic heterocycles. The molecule has 0 amide bonds. The molecule has 1 aliphatic rings. The van der Waals surface area contributed by atoms with E-state index in [1.54, 1.807) is 7.11 Å². The van der Waals surface area contributed by atoms with E-state index in [-0.39, 0.29) is 5.54 Å². The first-order valence-corrected chi connectivity index (χ1v) is 6.60. The molecule has 0 heterocycles. The van der Waals surface area contributed by atoms with E-state index >= 15 is 0 Å². The summed E-state index contributed by atoms with van der Waals surface area (Å²) in [6.45, 7) is 10.00. The highest BCUT2D eigenvalue weighted by molar-refractivity contribution is 5.01. The summed E-state index contributed by atoms with van der Waals surface area (Å²) in [5.41, 5.74) is 7.01. The maximum atomic E-state index is 6.74. The molecule has 0 radical (unpaired) electrons. The van der Waals surface area contributed by atoms with E-state index in [4.69, 9.17) is 10.5 Å². The van der Waals surface area contributed by atoms with E-state index in [0.29, 0.717) is 17.3 Å². The highest BCUT2D eigenvalue weighted by Crippen LogP contribution is 2.46. The Kier molecular flexibility index (Phi) is 4.42. The average molecular weight is 227 g/mol. The van der Waals surface area contributed by atoms with Gasteiger partial charge in [0, 0.05) is 12.6 Å². The molecule has 1 rings (SSSR count). The number of rotatable bonds is 3. The Labute approximate surface area is 101 Å². The highest BCUT2D eigenvalue weighted by Gasteiger charge is 2.46. The van der Waals surface area contributed by atoms with Crippen LogP contribution >= 0.6 is 0 Å². The second-order valence-electron chi connectivity index (χ2n) is 6.63. The smallest absolute Gasteiger partial charge is 0.0505 e. The Morgan fingerprint density at radius 3 is 2.50 bits per heavy atom. The summed E-state index contributed by atoms with van der Waals surface area (Å²) in [6, 6.07) is 0. The third kappa shape index (κ3) is 2.78. The van der Waals surface area contributed by atoms with Gasteiger partial charge in [-0.3, -0.25) is 0 Å². The molecular weight excluding hydrogens is 198 g/mol. The van der Waals surface area contributed by atoms with Crippen LogP contribution in [-0.4, -0.2) is 19.3 Å². The molecule has 0 spiro atoms. The summed E-state index contributed by atoms with van der Waals surface area (Å²) in [4.78, 5) is 0. The van der Waals surface area contributed by atoms with Gasteiger partial charge in [-0.25, -0.2) is 0 Å². The second kappa shape index (κ2) is 5.05. The minimum atomic E-state index is -0.0352. The van der Waals surface area contributed by atoms with Crippen LogP contribution in [0.5, 0.6) is 0 Å². The maximum Gasteiger partial charge on any atom is 0.0505 e. The van der Waals surface area contributed by atoms with E-state index in [2.05, 4.69) is 27.7 Å². The van der Waals surface area contributed by atoms with Gasteiger partial charge in [0.15, 0.2) is 0 Å². The molecule has 3 unspecified atom stereocenters. The number of nitrogens with two attached hydrogens (primary N) is 1. The van der Waals surface area contributed by atoms with Crippen molar-refractivity contribution in [2.45, 2.75) is 58.9 Å². The SMILES string of the molecule is COCC(C)C1(N)CCCCC1C(C)(C)C. The Morgan fingerprint density at radius 1 is 1.38 bits per heavy atom. The summed E-state index contributed by atoms with van der Waals surface area (Å²) in [6.07, 6.45) is 5.03. The van der Waals surface area contributed by atoms with Crippen LogP contribution in [0.2, 0.25) is 0 Å². The number of methoxy groups -OCH3 is 1. The van der Waals surface area contributed by atoms with Gasteiger partial charge in [0.1, 0.15) is 0 Å². The maximum absolute atomic E-state index is 6.74. The van der Waals surface area contributed by atoms with Crippen molar-refractivity contribution in [1.29, 1.82) is 0 Å². The van der Waals surface area contributed by atoms with Crippen LogP contribution in [0.4, 0.5) is 0 Å². The van der Waals surface area contributed by atoms with Gasteiger partial charge in [-0.05, 0) is 30.1 Å². The molecule has 0 bridgehead atoms. The van der Waals surface area contributed by atoms with Crippen molar-refractivity contribution in [2.24, 2.45) is 23.0 Å². The van der Waals surface area contributed by atoms with Crippen molar-refractivity contribution in [3.63, 3.8) is 0 Å². The average Bonchev–Trinajstić information content (AvgIpc) is 2.17. The second-order valence-corrected chi connectivity index (χ2v) is 6.63. The molecule has 96 valence electrons. The first-order valence-electron chi connectivity index (χ1n) is 6.60. The molecule has 1 saturated carbocycles. The fraction of sp³-hybridized carbons (Fsp3) is 1.00. The van der Waals surface area contributed by atoms with Crippen LogP contribution < -0.4 is 5.73 Å². The summed E-state index contributed by atoms with van der Waals surface area (Å²) in [7, 11) is 1.77. The molecule has 1 aliphatic carbocycles. The largest absolute Gasteiger partial charge is 0.384 e. The summed E-state index contributed by atoms with van der Waals surface area (Å²) in [5, 5.41) is 0. The fourth-order valence-corrected chi connectivity index (χ4v) is 3.46. The van der Waals surface area contributed by atoms with Crippen LogP contribution in [0.25, 0.3) is 0 Å². The molecule has 2 N–H and O–H groups in total. The number of hydrogen-bond acceptors (Lipinski definition) is 2. The van der Waals surface area contributed by atoms with Crippen molar-refractivity contribution < 1.29 is 4.74 Å². The lowest BCUT2D eigenvalue weighted by molar-refractivity contribution is 0.0106. The van der Waals surface area contributed by atoms with Crippen LogP contribution in [0.15, 0.2) is 0 Å². The minimum absolute atomic E-state index is 0.0352. The first-order chi connectivity index (χ1) is 7.32. The molecule has 3 atom stereocenters. The summed E-state index contributed by atoms with van der Waals surface area (Å²) in [5.74, 6) is 1.06. The summed E-state index contributed by atoms with van der Waals surface area (Å²) >= 11 is 0. The molecule has 0 aromatic carbocycles. The Hall–Kier alpha value is -0.0800. The fourth-order valence-electron chi connectivity index (χ4n) is 3.46. The lowest BCUT2D eigenvalue weighted by Gasteiger charge is -2.51. The molecule has 1 fully saturated rings. The van der Waals surface area contributed by atoms with Gasteiger partial charge < -0.3 is 10.5 Å². The van der Waals surface area contributed by atoms with Gasteiger partial charge in [0.2, 0.25) is 0 Å². The van der Waals surface area contributed by atoms with Gasteiger partial charge in [-0.1, -0.05) is 40.5 Å². The number of hydrogen-bond donors (Lipinski definition) is 1. The zero-order valence-electron chi connectivity index (χ0n) is 11.7. The standard InChI is InChI=1S/C14H29NO/c1-11(10-16-5)14(15)9-7-6-8-12(14)13(2,3)4/h11-12H,6-10,15H2,1-5H3. The molecular formula is C14H29NO. The van der Waals surface area contributed by atoms with Crippen LogP contribution in [0, 0.1) is 17.3 Å². The molecule has 16 heavy (non-hydrogen) atoms.